The van der Waals surface area contributed by atoms with Crippen LogP contribution in [0.4, 0.5) is 10.5 Å². The predicted octanol–water partition coefficient (Wildman–Crippen LogP) is 4.90. The lowest BCUT2D eigenvalue weighted by atomic mass is 9.86. The molecule has 3 nitrogen and oxygen atoms in total. The maximum absolute atomic E-state index is 12.3. The quantitative estimate of drug-likeness (QED) is 0.805. The van der Waals surface area contributed by atoms with Crippen LogP contribution < -0.4 is 5.32 Å². The molecule has 0 heterocycles. The minimum Gasteiger partial charge on any atom is -0.307 e. The van der Waals surface area contributed by atoms with E-state index in [1.54, 1.807) is 4.31 Å². The number of nitrogens with zero attached hydrogens (tertiary/aromatic N) is 1. The summed E-state index contributed by atoms with van der Waals surface area (Å²) in [6.45, 7) is 2.19. The molecular weight excluding hydrogens is 280 g/mol. The number of nitrogens with one attached hydrogen (secondary N) is 1. The summed E-state index contributed by atoms with van der Waals surface area (Å²) in [5.41, 5.74) is 0.798. The van der Waals surface area contributed by atoms with Crippen LogP contribution in [0.25, 0.3) is 0 Å². The van der Waals surface area contributed by atoms with Gasteiger partial charge >= 0.3 is 6.03 Å². The van der Waals surface area contributed by atoms with E-state index in [4.69, 9.17) is 10.7 Å². The highest BCUT2D eigenvalue weighted by Gasteiger charge is 2.31. The van der Waals surface area contributed by atoms with Crippen molar-refractivity contribution in [1.29, 1.82) is 0 Å². The van der Waals surface area contributed by atoms with Gasteiger partial charge in [-0.25, -0.2) is 4.79 Å². The molecule has 0 aromatic heterocycles. The minimum absolute atomic E-state index is 0.134. The maximum Gasteiger partial charge on any atom is 0.333 e. The zero-order chi connectivity index (χ0) is 13.7. The third-order valence-corrected chi connectivity index (χ3v) is 4.70. The second kappa shape index (κ2) is 7.06. The molecule has 1 aromatic carbocycles. The Bertz CT molecular complexity index is 415. The molecule has 1 aromatic rings. The van der Waals surface area contributed by atoms with Crippen molar-refractivity contribution in [2.24, 2.45) is 5.92 Å². The first-order valence-corrected chi connectivity index (χ1v) is 8.26. The van der Waals surface area contributed by atoms with E-state index in [0.717, 1.165) is 29.7 Å². The SMILES string of the molecule is CC1CCCCC1N(SCl)C(=O)Nc1ccccc1. The van der Waals surface area contributed by atoms with Crippen molar-refractivity contribution in [2.45, 2.75) is 38.6 Å². The molecule has 1 aliphatic carbocycles. The third-order valence-electron chi connectivity index (χ3n) is 3.67. The van der Waals surface area contributed by atoms with Crippen molar-refractivity contribution in [3.63, 3.8) is 0 Å². The molecule has 19 heavy (non-hydrogen) atoms. The summed E-state index contributed by atoms with van der Waals surface area (Å²) in [7, 11) is 5.91. The molecule has 104 valence electrons. The Morgan fingerprint density at radius 1 is 1.32 bits per heavy atom. The van der Waals surface area contributed by atoms with Crippen molar-refractivity contribution in [1.82, 2.24) is 4.31 Å². The van der Waals surface area contributed by atoms with Crippen molar-refractivity contribution < 1.29 is 4.79 Å². The summed E-state index contributed by atoms with van der Waals surface area (Å²) in [5.74, 6) is 0.501. The molecule has 5 heteroatoms. The number of carbonyl (C=O) groups excluding carboxylic acids is 1. The molecule has 2 unspecified atom stereocenters. The summed E-state index contributed by atoms with van der Waals surface area (Å²) in [4.78, 5) is 12.3. The second-order valence-corrected chi connectivity index (χ2v) is 5.97. The average molecular weight is 299 g/mol. The lowest BCUT2D eigenvalue weighted by Gasteiger charge is -2.35. The monoisotopic (exact) mass is 298 g/mol. The first-order valence-electron chi connectivity index (χ1n) is 6.66. The van der Waals surface area contributed by atoms with Crippen LogP contribution in [0.1, 0.15) is 32.6 Å². The Kier molecular flexibility index (Phi) is 5.40. The van der Waals surface area contributed by atoms with E-state index in [1.165, 1.54) is 12.8 Å². The standard InChI is InChI=1S/C14H19ClN2OS/c1-11-7-5-6-10-13(11)17(19-15)14(18)16-12-8-3-2-4-9-12/h2-4,8-9,11,13H,5-7,10H2,1H3,(H,16,18). The van der Waals surface area contributed by atoms with Crippen LogP contribution in [0.2, 0.25) is 0 Å². The zero-order valence-electron chi connectivity index (χ0n) is 11.0. The van der Waals surface area contributed by atoms with E-state index in [0.29, 0.717) is 5.92 Å². The lowest BCUT2D eigenvalue weighted by molar-refractivity contribution is 0.194. The molecule has 1 N–H and O–H groups in total. The van der Waals surface area contributed by atoms with Gasteiger partial charge in [-0.05, 0) is 41.6 Å². The summed E-state index contributed by atoms with van der Waals surface area (Å²) in [5, 5.41) is 2.89. The van der Waals surface area contributed by atoms with E-state index < -0.39 is 0 Å². The van der Waals surface area contributed by atoms with Gasteiger partial charge in [0.25, 0.3) is 0 Å². The predicted molar refractivity (Wildman–Crippen MR) is 82.2 cm³/mol. The van der Waals surface area contributed by atoms with Gasteiger partial charge in [0, 0.05) is 11.7 Å². The van der Waals surface area contributed by atoms with E-state index in [-0.39, 0.29) is 12.1 Å². The Balaban J connectivity index is 2.02. The molecule has 2 atom stereocenters. The third kappa shape index (κ3) is 3.80. The fraction of sp³-hybridized carbons (Fsp3) is 0.500. The number of halogens is 1. The average Bonchev–Trinajstić information content (AvgIpc) is 2.43. The highest BCUT2D eigenvalue weighted by atomic mass is 35.7. The summed E-state index contributed by atoms with van der Waals surface area (Å²) in [6, 6.07) is 9.56. The van der Waals surface area contributed by atoms with E-state index in [1.807, 2.05) is 30.3 Å². The number of para-hydroxylation sites is 1. The molecule has 0 spiro atoms. The first-order chi connectivity index (χ1) is 9.22. The van der Waals surface area contributed by atoms with Crippen molar-refractivity contribution in [2.75, 3.05) is 5.32 Å². The fourth-order valence-electron chi connectivity index (χ4n) is 2.58. The molecule has 0 aliphatic heterocycles. The maximum atomic E-state index is 12.3. The summed E-state index contributed by atoms with van der Waals surface area (Å²) in [6.07, 6.45) is 4.61. The Labute approximate surface area is 123 Å². The summed E-state index contributed by atoms with van der Waals surface area (Å²) >= 11 is 1.00. The topological polar surface area (TPSA) is 32.3 Å². The van der Waals surface area contributed by atoms with Crippen molar-refractivity contribution in [3.8, 4) is 0 Å². The molecule has 1 aliphatic rings. The van der Waals surface area contributed by atoms with Gasteiger partial charge < -0.3 is 5.32 Å². The number of rotatable bonds is 3. The van der Waals surface area contributed by atoms with Crippen LogP contribution in [0.3, 0.4) is 0 Å². The number of benzene rings is 1. The van der Waals surface area contributed by atoms with Crippen LogP contribution in [0, 0.1) is 5.92 Å². The Morgan fingerprint density at radius 3 is 2.63 bits per heavy atom. The molecule has 0 saturated heterocycles. The number of urea groups is 1. The van der Waals surface area contributed by atoms with Gasteiger partial charge in [0.05, 0.1) is 11.2 Å². The normalized spacial score (nSPS) is 22.8. The van der Waals surface area contributed by atoms with E-state index in [2.05, 4.69) is 12.2 Å². The number of hydrogen-bond acceptors (Lipinski definition) is 2. The largest absolute Gasteiger partial charge is 0.333 e. The first kappa shape index (κ1) is 14.5. The van der Waals surface area contributed by atoms with Gasteiger partial charge in [-0.15, -0.1) is 0 Å². The summed E-state index contributed by atoms with van der Waals surface area (Å²) < 4.78 is 1.68. The molecular formula is C14H19ClN2OS. The van der Waals surface area contributed by atoms with Crippen molar-refractivity contribution >= 4 is 33.6 Å². The molecule has 1 saturated carbocycles. The molecule has 2 amide bonds. The van der Waals surface area contributed by atoms with Gasteiger partial charge in [-0.2, -0.15) is 0 Å². The van der Waals surface area contributed by atoms with Crippen LogP contribution in [0.5, 0.6) is 0 Å². The van der Waals surface area contributed by atoms with Gasteiger partial charge in [-0.3, -0.25) is 4.31 Å². The lowest BCUT2D eigenvalue weighted by Crippen LogP contribution is -2.42. The number of hydrogen-bond donors (Lipinski definition) is 1. The smallest absolute Gasteiger partial charge is 0.307 e. The van der Waals surface area contributed by atoms with Gasteiger partial charge in [-0.1, -0.05) is 38.0 Å². The molecule has 0 radical (unpaired) electrons. The number of carbonyl (C=O) groups is 1. The highest BCUT2D eigenvalue weighted by Crippen LogP contribution is 2.33. The number of amides is 2. The Morgan fingerprint density at radius 2 is 2.00 bits per heavy atom. The van der Waals surface area contributed by atoms with Crippen LogP contribution >= 0.6 is 21.8 Å². The van der Waals surface area contributed by atoms with Crippen LogP contribution in [-0.4, -0.2) is 16.4 Å². The van der Waals surface area contributed by atoms with Crippen LogP contribution in [0.15, 0.2) is 30.3 Å². The fourth-order valence-corrected chi connectivity index (χ4v) is 3.60. The van der Waals surface area contributed by atoms with E-state index in [9.17, 15) is 4.79 Å². The second-order valence-electron chi connectivity index (χ2n) is 5.02. The van der Waals surface area contributed by atoms with Gasteiger partial charge in [0.2, 0.25) is 0 Å². The minimum atomic E-state index is -0.134. The van der Waals surface area contributed by atoms with Crippen LogP contribution in [-0.2, 0) is 0 Å². The zero-order valence-corrected chi connectivity index (χ0v) is 12.6. The number of anilines is 1. The Hall–Kier alpha value is -0.870. The molecule has 1 fully saturated rings. The van der Waals surface area contributed by atoms with Gasteiger partial charge in [0.15, 0.2) is 0 Å². The van der Waals surface area contributed by atoms with Gasteiger partial charge in [0.1, 0.15) is 0 Å². The molecule has 0 bridgehead atoms. The molecule has 2 rings (SSSR count). The van der Waals surface area contributed by atoms with Crippen molar-refractivity contribution in [3.05, 3.63) is 30.3 Å². The highest BCUT2D eigenvalue weighted by molar-refractivity contribution is 8.19. The van der Waals surface area contributed by atoms with E-state index >= 15 is 0 Å².